The first kappa shape index (κ1) is 20.6. The smallest absolute Gasteiger partial charge is 0.320 e. The van der Waals surface area contributed by atoms with Crippen molar-refractivity contribution in [1.82, 2.24) is 0 Å². The van der Waals surface area contributed by atoms with Gasteiger partial charge in [-0.25, -0.2) is 0 Å². The fourth-order valence-corrected chi connectivity index (χ4v) is 2.32. The first-order chi connectivity index (χ1) is 13.2. The third kappa shape index (κ3) is 4.93. The number of nitro groups is 2. The van der Waals surface area contributed by atoms with Crippen molar-refractivity contribution < 1.29 is 24.1 Å². The van der Waals surface area contributed by atoms with Crippen molar-refractivity contribution in [3.8, 4) is 11.5 Å². The van der Waals surface area contributed by atoms with E-state index in [2.05, 4.69) is 5.32 Å². The Morgan fingerprint density at radius 3 is 2.04 bits per heavy atom. The number of methoxy groups -OCH3 is 1. The molecule has 1 N–H and O–H groups in total. The van der Waals surface area contributed by atoms with Gasteiger partial charge < -0.3 is 14.8 Å². The Labute approximate surface area is 160 Å². The summed E-state index contributed by atoms with van der Waals surface area (Å²) in [5.74, 6) is -0.116. The van der Waals surface area contributed by atoms with Crippen LogP contribution in [0.5, 0.6) is 11.5 Å². The van der Waals surface area contributed by atoms with E-state index < -0.39 is 32.9 Å². The maximum absolute atomic E-state index is 12.4. The van der Waals surface area contributed by atoms with Crippen LogP contribution in [0.4, 0.5) is 17.1 Å². The van der Waals surface area contributed by atoms with Crippen LogP contribution in [0.25, 0.3) is 0 Å². The van der Waals surface area contributed by atoms with E-state index >= 15 is 0 Å². The summed E-state index contributed by atoms with van der Waals surface area (Å²) in [6.45, 7) is 4.55. The summed E-state index contributed by atoms with van der Waals surface area (Å²) >= 11 is 0. The first-order valence-electron chi connectivity index (χ1n) is 8.28. The molecule has 2 aromatic rings. The predicted octanol–water partition coefficient (Wildman–Crippen LogP) is 3.80. The molecule has 10 nitrogen and oxygen atoms in total. The zero-order chi connectivity index (χ0) is 20.8. The molecule has 1 amide bonds. The summed E-state index contributed by atoms with van der Waals surface area (Å²) in [5.41, 5.74) is -1.07. The fraction of sp³-hybridized carbons (Fsp3) is 0.278. The van der Waals surface area contributed by atoms with E-state index in [4.69, 9.17) is 9.47 Å². The largest absolute Gasteiger partial charge is 0.493 e. The van der Waals surface area contributed by atoms with Crippen molar-refractivity contribution in [1.29, 1.82) is 0 Å². The van der Waals surface area contributed by atoms with Gasteiger partial charge in [0.2, 0.25) is 0 Å². The van der Waals surface area contributed by atoms with Gasteiger partial charge in [-0.05, 0) is 30.2 Å². The van der Waals surface area contributed by atoms with Gasteiger partial charge in [-0.3, -0.25) is 25.0 Å². The molecule has 0 fully saturated rings. The van der Waals surface area contributed by atoms with Crippen LogP contribution in [0.15, 0.2) is 36.4 Å². The van der Waals surface area contributed by atoms with Crippen LogP contribution in [0.3, 0.4) is 0 Å². The highest BCUT2D eigenvalue weighted by Crippen LogP contribution is 2.39. The summed E-state index contributed by atoms with van der Waals surface area (Å²) in [5, 5.41) is 24.8. The summed E-state index contributed by atoms with van der Waals surface area (Å²) in [4.78, 5) is 33.1. The molecule has 0 unspecified atom stereocenters. The molecule has 0 aliphatic carbocycles. The Bertz CT molecular complexity index is 860. The molecule has 28 heavy (non-hydrogen) atoms. The van der Waals surface area contributed by atoms with Crippen LogP contribution >= 0.6 is 0 Å². The number of ether oxygens (including phenoxy) is 2. The van der Waals surface area contributed by atoms with E-state index in [1.807, 2.05) is 13.8 Å². The number of carbonyl (C=O) groups excluding carboxylic acids is 1. The van der Waals surface area contributed by atoms with Crippen molar-refractivity contribution in [2.24, 2.45) is 5.92 Å². The molecule has 2 rings (SSSR count). The molecule has 0 saturated carbocycles. The molecule has 0 aliphatic heterocycles. The number of rotatable bonds is 8. The highest BCUT2D eigenvalue weighted by atomic mass is 16.6. The first-order valence-corrected chi connectivity index (χ1v) is 8.28. The molecule has 0 heterocycles. The van der Waals surface area contributed by atoms with E-state index in [9.17, 15) is 25.0 Å². The van der Waals surface area contributed by atoms with Crippen LogP contribution in [0.2, 0.25) is 0 Å². The molecular formula is C18H19N3O7. The molecule has 2 aromatic carbocycles. The minimum absolute atomic E-state index is 0.0932. The molecule has 0 bridgehead atoms. The monoisotopic (exact) mass is 389 g/mol. The number of nitrogens with zero attached hydrogens (tertiary/aromatic N) is 2. The second-order valence-electron chi connectivity index (χ2n) is 6.25. The predicted molar refractivity (Wildman–Crippen MR) is 101 cm³/mol. The van der Waals surface area contributed by atoms with Gasteiger partial charge in [-0.1, -0.05) is 13.8 Å². The SMILES string of the molecule is COc1c([N+](=O)[O-])cc(NC(=O)c2ccc(OCC(C)C)cc2)cc1[N+](=O)[O-]. The normalized spacial score (nSPS) is 10.4. The molecule has 0 spiro atoms. The Morgan fingerprint density at radius 2 is 1.61 bits per heavy atom. The maximum Gasteiger partial charge on any atom is 0.320 e. The van der Waals surface area contributed by atoms with Crippen LogP contribution < -0.4 is 14.8 Å². The highest BCUT2D eigenvalue weighted by Gasteiger charge is 2.28. The number of amides is 1. The Balaban J connectivity index is 2.26. The molecule has 0 radical (unpaired) electrons. The van der Waals surface area contributed by atoms with E-state index in [1.54, 1.807) is 12.1 Å². The van der Waals surface area contributed by atoms with Crippen molar-refractivity contribution in [2.75, 3.05) is 19.0 Å². The van der Waals surface area contributed by atoms with E-state index in [-0.39, 0.29) is 11.3 Å². The van der Waals surface area contributed by atoms with Gasteiger partial charge in [0.1, 0.15) is 5.75 Å². The number of nitro benzene ring substituents is 2. The summed E-state index contributed by atoms with van der Waals surface area (Å²) in [6, 6.07) is 8.30. The summed E-state index contributed by atoms with van der Waals surface area (Å²) in [6.07, 6.45) is 0. The second-order valence-corrected chi connectivity index (χ2v) is 6.25. The fourth-order valence-electron chi connectivity index (χ4n) is 2.32. The highest BCUT2D eigenvalue weighted by molar-refractivity contribution is 6.04. The van der Waals surface area contributed by atoms with E-state index in [0.29, 0.717) is 18.3 Å². The van der Waals surface area contributed by atoms with E-state index in [0.717, 1.165) is 19.2 Å². The molecule has 0 aromatic heterocycles. The molecular weight excluding hydrogens is 370 g/mol. The molecule has 10 heteroatoms. The van der Waals surface area contributed by atoms with Crippen molar-refractivity contribution in [3.05, 3.63) is 62.2 Å². The van der Waals surface area contributed by atoms with Crippen LogP contribution in [-0.4, -0.2) is 29.5 Å². The van der Waals surface area contributed by atoms with Gasteiger partial charge in [0, 0.05) is 17.7 Å². The third-order valence-electron chi connectivity index (χ3n) is 3.60. The molecule has 148 valence electrons. The van der Waals surface area contributed by atoms with Gasteiger partial charge in [0.25, 0.3) is 11.7 Å². The number of benzene rings is 2. The molecule has 0 atom stereocenters. The van der Waals surface area contributed by atoms with Gasteiger partial charge >= 0.3 is 11.4 Å². The second kappa shape index (κ2) is 8.80. The lowest BCUT2D eigenvalue weighted by molar-refractivity contribution is -0.395. The average Bonchev–Trinajstić information content (AvgIpc) is 2.65. The number of anilines is 1. The van der Waals surface area contributed by atoms with Crippen LogP contribution in [-0.2, 0) is 0 Å². The summed E-state index contributed by atoms with van der Waals surface area (Å²) in [7, 11) is 1.09. The minimum atomic E-state index is -0.817. The van der Waals surface area contributed by atoms with Gasteiger partial charge in [-0.15, -0.1) is 0 Å². The van der Waals surface area contributed by atoms with Crippen molar-refractivity contribution in [2.45, 2.75) is 13.8 Å². The lowest BCUT2D eigenvalue weighted by Crippen LogP contribution is -2.13. The van der Waals surface area contributed by atoms with Gasteiger partial charge in [-0.2, -0.15) is 0 Å². The van der Waals surface area contributed by atoms with Crippen LogP contribution in [0, 0.1) is 26.1 Å². The number of carbonyl (C=O) groups is 1. The lowest BCUT2D eigenvalue weighted by Gasteiger charge is -2.10. The Morgan fingerprint density at radius 1 is 1.07 bits per heavy atom. The summed E-state index contributed by atoms with van der Waals surface area (Å²) < 4.78 is 10.3. The molecule has 0 aliphatic rings. The standard InChI is InChI=1S/C18H19N3O7/c1-11(2)10-28-14-6-4-12(5-7-14)18(22)19-13-8-15(20(23)24)17(27-3)16(9-13)21(25)26/h4-9,11H,10H2,1-3H3,(H,19,22). The van der Waals surface area contributed by atoms with E-state index in [1.165, 1.54) is 12.1 Å². The van der Waals surface area contributed by atoms with Crippen molar-refractivity contribution >= 4 is 23.0 Å². The van der Waals surface area contributed by atoms with Crippen molar-refractivity contribution in [3.63, 3.8) is 0 Å². The zero-order valence-corrected chi connectivity index (χ0v) is 15.5. The maximum atomic E-state index is 12.4. The number of nitrogens with one attached hydrogen (secondary N) is 1. The third-order valence-corrected chi connectivity index (χ3v) is 3.60. The Hall–Kier alpha value is -3.69. The topological polar surface area (TPSA) is 134 Å². The lowest BCUT2D eigenvalue weighted by atomic mass is 10.1. The zero-order valence-electron chi connectivity index (χ0n) is 15.5. The number of hydrogen-bond donors (Lipinski definition) is 1. The minimum Gasteiger partial charge on any atom is -0.493 e. The number of hydrogen-bond acceptors (Lipinski definition) is 7. The quantitative estimate of drug-likeness (QED) is 0.536. The van der Waals surface area contributed by atoms with Crippen LogP contribution in [0.1, 0.15) is 24.2 Å². The molecule has 0 saturated heterocycles. The Kier molecular flexibility index (Phi) is 6.48. The van der Waals surface area contributed by atoms with Gasteiger partial charge in [0.15, 0.2) is 0 Å². The van der Waals surface area contributed by atoms with Gasteiger partial charge in [0.05, 0.1) is 29.3 Å². The average molecular weight is 389 g/mol.